The molecule has 0 unspecified atom stereocenters. The van der Waals surface area contributed by atoms with E-state index in [2.05, 4.69) is 24.7 Å². The van der Waals surface area contributed by atoms with Gasteiger partial charge in [-0.15, -0.1) is 11.8 Å². The second-order valence-electron chi connectivity index (χ2n) is 7.14. The summed E-state index contributed by atoms with van der Waals surface area (Å²) in [4.78, 5) is 26.9. The third-order valence-electron chi connectivity index (χ3n) is 4.57. The first-order valence-corrected chi connectivity index (χ1v) is 12.1. The lowest BCUT2D eigenvalue weighted by molar-refractivity contribution is 0.0594. The second kappa shape index (κ2) is 12.2. The van der Waals surface area contributed by atoms with Crippen LogP contribution in [0.3, 0.4) is 0 Å². The number of halogens is 6. The molecule has 0 aliphatic carbocycles. The number of hydrogen-bond donors (Lipinski definition) is 2. The number of nitrogens with zero attached hydrogens (tertiary/aromatic N) is 4. The lowest BCUT2D eigenvalue weighted by Gasteiger charge is -2.06. The van der Waals surface area contributed by atoms with Gasteiger partial charge in [-0.25, -0.2) is 42.3 Å². The Kier molecular flexibility index (Phi) is 9.31. The number of methoxy groups -OCH3 is 1. The fourth-order valence-electron chi connectivity index (χ4n) is 2.85. The van der Waals surface area contributed by atoms with E-state index in [1.54, 1.807) is 12.3 Å². The molecule has 2 aromatic heterocycles. The summed E-state index contributed by atoms with van der Waals surface area (Å²) in [5, 5.41) is -0.0826. The molecule has 2 heterocycles. The Morgan fingerprint density at radius 2 is 1.24 bits per heavy atom. The van der Waals surface area contributed by atoms with Crippen molar-refractivity contribution in [1.82, 2.24) is 19.9 Å². The van der Waals surface area contributed by atoms with Crippen molar-refractivity contribution in [1.29, 1.82) is 0 Å². The van der Waals surface area contributed by atoms with Crippen LogP contribution in [0, 0.1) is 23.3 Å². The highest BCUT2D eigenvalue weighted by atomic mass is 35.5. The Labute approximate surface area is 227 Å². The number of rotatable bonds is 4. The van der Waals surface area contributed by atoms with Gasteiger partial charge in [-0.1, -0.05) is 23.2 Å². The van der Waals surface area contributed by atoms with Gasteiger partial charge in [0.1, 0.15) is 39.9 Å². The van der Waals surface area contributed by atoms with Gasteiger partial charge in [-0.2, -0.15) is 0 Å². The first-order valence-electron chi connectivity index (χ1n) is 10.1. The quantitative estimate of drug-likeness (QED) is 0.0997. The molecule has 0 saturated heterocycles. The SMILES string of the molecule is COC(=O)c1cc(N)nc(-c2cc(F)c(Cl)cc2F)n1.CSc1cc(N)nc(-c2cc(F)c(Cl)cc2F)n1. The Morgan fingerprint density at radius 1 is 0.763 bits per heavy atom. The number of carbonyl (C=O) groups excluding carboxylic acids is 1. The molecule has 0 spiro atoms. The minimum Gasteiger partial charge on any atom is -0.464 e. The van der Waals surface area contributed by atoms with Crippen molar-refractivity contribution in [2.24, 2.45) is 0 Å². The molecular formula is C23H16Cl2F4N6O2S. The van der Waals surface area contributed by atoms with Gasteiger partial charge in [0.15, 0.2) is 17.3 Å². The monoisotopic (exact) mass is 586 g/mol. The summed E-state index contributed by atoms with van der Waals surface area (Å²) in [5.74, 6) is -3.96. The minimum atomic E-state index is -0.839. The molecule has 2 aromatic carbocycles. The van der Waals surface area contributed by atoms with Crippen molar-refractivity contribution in [3.8, 4) is 22.8 Å². The summed E-state index contributed by atoms with van der Waals surface area (Å²) >= 11 is 12.3. The molecule has 8 nitrogen and oxygen atoms in total. The van der Waals surface area contributed by atoms with Crippen LogP contribution in [0.1, 0.15) is 10.5 Å². The molecule has 0 aliphatic heterocycles. The molecule has 0 bridgehead atoms. The summed E-state index contributed by atoms with van der Waals surface area (Å²) in [5.41, 5.74) is 10.6. The maximum atomic E-state index is 13.8. The highest BCUT2D eigenvalue weighted by Crippen LogP contribution is 2.28. The van der Waals surface area contributed by atoms with Crippen LogP contribution in [0.15, 0.2) is 41.4 Å². The van der Waals surface area contributed by atoms with Crippen LogP contribution in [0.5, 0.6) is 0 Å². The van der Waals surface area contributed by atoms with Crippen molar-refractivity contribution in [2.75, 3.05) is 24.8 Å². The maximum Gasteiger partial charge on any atom is 0.356 e. The Morgan fingerprint density at radius 3 is 1.71 bits per heavy atom. The van der Waals surface area contributed by atoms with Gasteiger partial charge in [-0.05, 0) is 30.5 Å². The van der Waals surface area contributed by atoms with Crippen LogP contribution in [-0.4, -0.2) is 39.3 Å². The summed E-state index contributed by atoms with van der Waals surface area (Å²) < 4.78 is 58.7. The normalized spacial score (nSPS) is 10.5. The van der Waals surface area contributed by atoms with Gasteiger partial charge in [0.2, 0.25) is 0 Å². The predicted octanol–water partition coefficient (Wildman–Crippen LogP) is 5.82. The van der Waals surface area contributed by atoms with Crippen molar-refractivity contribution >= 4 is 52.6 Å². The van der Waals surface area contributed by atoms with Gasteiger partial charge in [0, 0.05) is 12.1 Å². The zero-order chi connectivity index (χ0) is 28.1. The molecule has 4 rings (SSSR count). The van der Waals surface area contributed by atoms with E-state index in [-0.39, 0.29) is 50.2 Å². The smallest absolute Gasteiger partial charge is 0.356 e. The van der Waals surface area contributed by atoms with Crippen LogP contribution >= 0.6 is 35.0 Å². The maximum absolute atomic E-state index is 13.8. The molecule has 4 N–H and O–H groups in total. The molecule has 0 amide bonds. The number of aromatic nitrogens is 4. The number of thioether (sulfide) groups is 1. The summed E-state index contributed by atoms with van der Waals surface area (Å²) in [6.07, 6.45) is 1.80. The fourth-order valence-corrected chi connectivity index (χ4v) is 3.57. The van der Waals surface area contributed by atoms with Crippen LogP contribution in [0.4, 0.5) is 29.2 Å². The van der Waals surface area contributed by atoms with Crippen LogP contribution < -0.4 is 11.5 Å². The van der Waals surface area contributed by atoms with Crippen LogP contribution in [0.2, 0.25) is 10.0 Å². The average molecular weight is 587 g/mol. The molecule has 38 heavy (non-hydrogen) atoms. The minimum absolute atomic E-state index is 0.0346. The standard InChI is InChI=1S/C12H8ClF2N3O2.C11H8ClF2N3S/c1-20-12(19)9-4-10(16)18-11(17-9)5-2-8(15)6(13)3-7(5)14;1-18-10-4-9(15)16-11(17-10)5-2-8(14)6(12)3-7(5)13/h2-4H,1H3,(H2,16,17,18);2-4H,1H3,(H2,15,16,17). The van der Waals surface area contributed by atoms with E-state index in [4.69, 9.17) is 34.7 Å². The van der Waals surface area contributed by atoms with Gasteiger partial charge in [0.25, 0.3) is 0 Å². The molecule has 0 aliphatic rings. The number of nitrogens with two attached hydrogens (primary N) is 2. The fraction of sp³-hybridized carbons (Fsp3) is 0.0870. The van der Waals surface area contributed by atoms with E-state index in [0.717, 1.165) is 31.4 Å². The van der Waals surface area contributed by atoms with Gasteiger partial charge in [-0.3, -0.25) is 0 Å². The van der Waals surface area contributed by atoms with E-state index < -0.39 is 29.2 Å². The third-order valence-corrected chi connectivity index (χ3v) is 5.78. The highest BCUT2D eigenvalue weighted by molar-refractivity contribution is 7.98. The number of hydrogen-bond acceptors (Lipinski definition) is 9. The molecule has 198 valence electrons. The van der Waals surface area contributed by atoms with E-state index >= 15 is 0 Å². The number of nitrogen functional groups attached to an aromatic ring is 2. The number of anilines is 2. The third kappa shape index (κ3) is 6.79. The molecule has 0 radical (unpaired) electrons. The van der Waals surface area contributed by atoms with Crippen molar-refractivity contribution < 1.29 is 27.1 Å². The number of esters is 1. The van der Waals surface area contributed by atoms with Crippen molar-refractivity contribution in [2.45, 2.75) is 5.03 Å². The Balaban J connectivity index is 0.000000212. The average Bonchev–Trinajstić information content (AvgIpc) is 2.87. The summed E-state index contributed by atoms with van der Waals surface area (Å²) in [7, 11) is 1.16. The van der Waals surface area contributed by atoms with Crippen LogP contribution in [-0.2, 0) is 4.74 Å². The largest absolute Gasteiger partial charge is 0.464 e. The Hall–Kier alpha value is -3.68. The molecule has 15 heteroatoms. The molecule has 0 fully saturated rings. The predicted molar refractivity (Wildman–Crippen MR) is 137 cm³/mol. The molecular weight excluding hydrogens is 571 g/mol. The van der Waals surface area contributed by atoms with Gasteiger partial charge in [0.05, 0.1) is 28.3 Å². The zero-order valence-electron chi connectivity index (χ0n) is 19.4. The van der Waals surface area contributed by atoms with Gasteiger partial charge < -0.3 is 16.2 Å². The zero-order valence-corrected chi connectivity index (χ0v) is 21.7. The molecule has 0 atom stereocenters. The van der Waals surface area contributed by atoms with E-state index in [0.29, 0.717) is 5.03 Å². The Bertz CT molecular complexity index is 1530. The number of benzene rings is 2. The van der Waals surface area contributed by atoms with E-state index in [1.807, 2.05) is 0 Å². The number of carbonyl (C=O) groups is 1. The van der Waals surface area contributed by atoms with E-state index in [9.17, 15) is 22.4 Å². The number of ether oxygens (including phenoxy) is 1. The van der Waals surface area contributed by atoms with Gasteiger partial charge >= 0.3 is 5.97 Å². The van der Waals surface area contributed by atoms with E-state index in [1.165, 1.54) is 17.8 Å². The highest BCUT2D eigenvalue weighted by Gasteiger charge is 2.17. The molecule has 4 aromatic rings. The first-order chi connectivity index (χ1) is 17.9. The van der Waals surface area contributed by atoms with Crippen LogP contribution in [0.25, 0.3) is 22.8 Å². The van der Waals surface area contributed by atoms with Crippen molar-refractivity contribution in [3.63, 3.8) is 0 Å². The summed E-state index contributed by atoms with van der Waals surface area (Å²) in [6.45, 7) is 0. The molecule has 0 saturated carbocycles. The lowest BCUT2D eigenvalue weighted by Crippen LogP contribution is -2.08. The summed E-state index contributed by atoms with van der Waals surface area (Å²) in [6, 6.07) is 6.18. The topological polar surface area (TPSA) is 130 Å². The van der Waals surface area contributed by atoms with Crippen molar-refractivity contribution in [3.05, 3.63) is 75.4 Å². The lowest BCUT2D eigenvalue weighted by atomic mass is 10.2. The first kappa shape index (κ1) is 28.9. The second-order valence-corrected chi connectivity index (χ2v) is 8.79.